The third kappa shape index (κ3) is 6.83. The normalized spacial score (nSPS) is 18.3. The lowest BCUT2D eigenvalue weighted by molar-refractivity contribution is -0.384. The predicted molar refractivity (Wildman–Crippen MR) is 175 cm³/mol. The molecule has 0 bridgehead atoms. The third-order valence-electron chi connectivity index (χ3n) is 9.26. The summed E-state index contributed by atoms with van der Waals surface area (Å²) in [5, 5.41) is 17.4. The number of allylic oxidation sites excluding steroid dienone is 2. The summed E-state index contributed by atoms with van der Waals surface area (Å²) in [5.74, 6) is -1.67. The number of amides is 2. The molecule has 0 spiro atoms. The van der Waals surface area contributed by atoms with Gasteiger partial charge in [-0.1, -0.05) is 72.8 Å². The number of carbonyl (C=O) groups is 2. The van der Waals surface area contributed by atoms with Crippen LogP contribution in [0.1, 0.15) is 62.1 Å². The van der Waals surface area contributed by atoms with Gasteiger partial charge in [-0.2, -0.15) is 0 Å². The molecule has 1 fully saturated rings. The van der Waals surface area contributed by atoms with Gasteiger partial charge >= 0.3 is 0 Å². The van der Waals surface area contributed by atoms with Crippen LogP contribution in [0.25, 0.3) is 0 Å². The van der Waals surface area contributed by atoms with Gasteiger partial charge in [0, 0.05) is 52.6 Å². The zero-order chi connectivity index (χ0) is 32.0. The molecule has 2 aliphatic rings. The maximum Gasteiger partial charge on any atom is 0.269 e. The highest BCUT2D eigenvalue weighted by Gasteiger charge is 2.38. The average molecular weight is 608 g/mol. The fourth-order valence-corrected chi connectivity index (χ4v) is 6.92. The van der Waals surface area contributed by atoms with Crippen molar-refractivity contribution in [3.8, 4) is 0 Å². The second kappa shape index (κ2) is 13.9. The molecular weight excluding hydrogens is 566 g/mol. The average Bonchev–Trinajstić information content (AvgIpc) is 3.05. The number of rotatable bonds is 11. The van der Waals surface area contributed by atoms with E-state index in [1.807, 2.05) is 0 Å². The Labute approximate surface area is 264 Å². The van der Waals surface area contributed by atoms with Crippen LogP contribution in [-0.2, 0) is 15.0 Å². The van der Waals surface area contributed by atoms with Crippen molar-refractivity contribution in [3.63, 3.8) is 0 Å². The van der Waals surface area contributed by atoms with Crippen molar-refractivity contribution >= 4 is 17.5 Å². The minimum absolute atomic E-state index is 0.0173. The second-order valence-corrected chi connectivity index (χ2v) is 12.0. The van der Waals surface area contributed by atoms with Gasteiger partial charge < -0.3 is 21.3 Å². The number of piperidine rings is 1. The zero-order valence-electron chi connectivity index (χ0n) is 25.9. The van der Waals surface area contributed by atoms with Crippen molar-refractivity contribution < 1.29 is 14.5 Å². The number of likely N-dealkylation sites (tertiary alicyclic amines) is 1. The number of dihydropyridines is 1. The van der Waals surface area contributed by atoms with Gasteiger partial charge in [0.15, 0.2) is 0 Å². The molecule has 9 heteroatoms. The van der Waals surface area contributed by atoms with Crippen LogP contribution >= 0.6 is 0 Å². The summed E-state index contributed by atoms with van der Waals surface area (Å²) in [5.41, 5.74) is 10.9. The van der Waals surface area contributed by atoms with E-state index < -0.39 is 16.7 Å². The summed E-state index contributed by atoms with van der Waals surface area (Å²) in [6, 6.07) is 27.6. The first-order valence-corrected chi connectivity index (χ1v) is 15.6. The lowest BCUT2D eigenvalue weighted by Gasteiger charge is -2.43. The quantitative estimate of drug-likeness (QED) is 0.154. The van der Waals surface area contributed by atoms with Crippen LogP contribution < -0.4 is 16.4 Å². The van der Waals surface area contributed by atoms with Gasteiger partial charge in [0.2, 0.25) is 11.8 Å². The number of benzene rings is 3. The van der Waals surface area contributed by atoms with E-state index in [1.54, 1.807) is 26.0 Å². The third-order valence-corrected chi connectivity index (χ3v) is 9.26. The van der Waals surface area contributed by atoms with Gasteiger partial charge in [0.25, 0.3) is 5.69 Å². The first kappa shape index (κ1) is 31.7. The first-order chi connectivity index (χ1) is 21.7. The summed E-state index contributed by atoms with van der Waals surface area (Å²) in [7, 11) is 0. The van der Waals surface area contributed by atoms with Crippen molar-refractivity contribution in [3.05, 3.63) is 134 Å². The molecule has 5 rings (SSSR count). The Hall–Kier alpha value is -4.76. The van der Waals surface area contributed by atoms with Crippen molar-refractivity contribution in [2.45, 2.75) is 50.9 Å². The van der Waals surface area contributed by atoms with E-state index in [0.29, 0.717) is 29.1 Å². The van der Waals surface area contributed by atoms with Gasteiger partial charge in [-0.05, 0) is 75.9 Å². The van der Waals surface area contributed by atoms with E-state index in [9.17, 15) is 19.7 Å². The number of hydrogen-bond acceptors (Lipinski definition) is 6. The van der Waals surface area contributed by atoms with Crippen molar-refractivity contribution in [2.75, 3.05) is 26.2 Å². The number of nitrogens with two attached hydrogens (primary N) is 1. The molecule has 3 aromatic rings. The molecule has 0 aliphatic carbocycles. The van der Waals surface area contributed by atoms with Crippen LogP contribution in [0.3, 0.4) is 0 Å². The molecule has 1 atom stereocenters. The van der Waals surface area contributed by atoms with Crippen molar-refractivity contribution in [1.29, 1.82) is 0 Å². The molecule has 0 radical (unpaired) electrons. The molecule has 2 heterocycles. The highest BCUT2D eigenvalue weighted by molar-refractivity contribution is 6.03. The summed E-state index contributed by atoms with van der Waals surface area (Å²) < 4.78 is 0. The van der Waals surface area contributed by atoms with Crippen molar-refractivity contribution in [1.82, 2.24) is 15.5 Å². The number of nitro benzene ring substituents is 1. The van der Waals surface area contributed by atoms with Crippen LogP contribution in [0.15, 0.2) is 107 Å². The van der Waals surface area contributed by atoms with Gasteiger partial charge in [-0.25, -0.2) is 0 Å². The van der Waals surface area contributed by atoms with Crippen LogP contribution in [0.5, 0.6) is 0 Å². The zero-order valence-corrected chi connectivity index (χ0v) is 25.9. The van der Waals surface area contributed by atoms with E-state index >= 15 is 0 Å². The monoisotopic (exact) mass is 607 g/mol. The topological polar surface area (TPSA) is 131 Å². The molecule has 0 aromatic heterocycles. The summed E-state index contributed by atoms with van der Waals surface area (Å²) >= 11 is 0. The Morgan fingerprint density at radius 2 is 1.44 bits per heavy atom. The Morgan fingerprint density at radius 1 is 0.889 bits per heavy atom. The van der Waals surface area contributed by atoms with Crippen molar-refractivity contribution in [2.24, 2.45) is 5.73 Å². The molecule has 0 unspecified atom stereocenters. The highest BCUT2D eigenvalue weighted by Crippen LogP contribution is 2.42. The Morgan fingerprint density at radius 3 is 1.98 bits per heavy atom. The van der Waals surface area contributed by atoms with Gasteiger partial charge in [-0.3, -0.25) is 19.7 Å². The lowest BCUT2D eigenvalue weighted by Crippen LogP contribution is -2.43. The fourth-order valence-electron chi connectivity index (χ4n) is 6.92. The van der Waals surface area contributed by atoms with E-state index in [-0.39, 0.29) is 22.6 Å². The molecule has 3 aromatic carbocycles. The van der Waals surface area contributed by atoms with E-state index in [4.69, 9.17) is 5.73 Å². The van der Waals surface area contributed by atoms with Crippen LogP contribution in [0.2, 0.25) is 0 Å². The number of non-ortho nitro benzene ring substituents is 1. The maximum atomic E-state index is 13.5. The molecule has 9 nitrogen and oxygen atoms in total. The van der Waals surface area contributed by atoms with E-state index in [1.165, 1.54) is 23.3 Å². The van der Waals surface area contributed by atoms with Gasteiger partial charge in [-0.15, -0.1) is 0 Å². The summed E-state index contributed by atoms with van der Waals surface area (Å²) in [4.78, 5) is 39.3. The second-order valence-electron chi connectivity index (χ2n) is 12.0. The number of hydrogen-bond donors (Lipinski definition) is 3. The molecule has 4 N–H and O–H groups in total. The van der Waals surface area contributed by atoms with Gasteiger partial charge in [0.05, 0.1) is 4.92 Å². The maximum absolute atomic E-state index is 13.5. The molecular formula is C36H41N5O4. The minimum atomic E-state index is -0.729. The van der Waals surface area contributed by atoms with Gasteiger partial charge in [0.1, 0.15) is 0 Å². The summed E-state index contributed by atoms with van der Waals surface area (Å²) in [6.45, 7) is 6.98. The highest BCUT2D eigenvalue weighted by atomic mass is 16.6. The van der Waals surface area contributed by atoms with Crippen LogP contribution in [-0.4, -0.2) is 47.8 Å². The van der Waals surface area contributed by atoms with Crippen LogP contribution in [0.4, 0.5) is 5.69 Å². The molecule has 1 saturated heterocycles. The fraction of sp³-hybridized carbons (Fsp3) is 0.333. The molecule has 234 valence electrons. The Balaban J connectivity index is 1.18. The number of nitrogens with one attached hydrogen (secondary N) is 2. The smallest absolute Gasteiger partial charge is 0.269 e. The predicted octanol–water partition coefficient (Wildman–Crippen LogP) is 5.29. The van der Waals surface area contributed by atoms with Crippen LogP contribution in [0, 0.1) is 10.1 Å². The lowest BCUT2D eigenvalue weighted by atomic mass is 9.68. The van der Waals surface area contributed by atoms with E-state index in [0.717, 1.165) is 45.3 Å². The molecule has 2 aliphatic heterocycles. The largest absolute Gasteiger partial charge is 0.366 e. The molecule has 45 heavy (non-hydrogen) atoms. The number of primary amides is 1. The minimum Gasteiger partial charge on any atom is -0.366 e. The SMILES string of the molecule is CC1=C(C(N)=O)[C@H](c2ccc([N+](=O)[O-])cc2)C(C(=O)NCCCCN2CCC(c3ccccc3)(c3ccccc3)CC2)=C(C)N1. The first-order valence-electron chi connectivity index (χ1n) is 15.6. The number of nitro groups is 1. The summed E-state index contributed by atoms with van der Waals surface area (Å²) in [6.07, 6.45) is 3.86. The van der Waals surface area contributed by atoms with E-state index in [2.05, 4.69) is 76.2 Å². The molecule has 0 saturated carbocycles. The number of unbranched alkanes of at least 4 members (excludes halogenated alkanes) is 1. The Kier molecular flexibility index (Phi) is 9.78. The number of nitrogens with zero attached hydrogens (tertiary/aromatic N) is 2. The molecule has 2 amide bonds. The number of carbonyl (C=O) groups excluding carboxylic acids is 2. The standard InChI is InChI=1S/C36H41N5O4/c1-25-31(34(37)42)33(27-15-17-30(18-16-27)41(44)45)32(26(2)39-25)35(43)38-21-9-10-22-40-23-19-36(20-24-40,28-11-5-3-6-12-28)29-13-7-4-8-14-29/h3-8,11-18,33,39H,9-10,19-24H2,1-2H3,(H2,37,42)(H,38,43)/t33-/m0/s1. The Bertz CT molecular complexity index is 1550.